The molecule has 0 aromatic carbocycles. The van der Waals surface area contributed by atoms with Crippen molar-refractivity contribution < 1.29 is 0 Å². The van der Waals surface area contributed by atoms with Gasteiger partial charge in [-0.25, -0.2) is 9.78 Å². The molecule has 0 saturated heterocycles. The molecule has 0 amide bonds. The molecule has 7 heteroatoms. The van der Waals surface area contributed by atoms with Crippen molar-refractivity contribution in [2.75, 3.05) is 0 Å². The number of rotatable bonds is 2. The molecule has 0 radical (unpaired) electrons. The van der Waals surface area contributed by atoms with Gasteiger partial charge in [0, 0.05) is 6.54 Å². The lowest BCUT2D eigenvalue weighted by Gasteiger charge is -2.00. The zero-order valence-corrected chi connectivity index (χ0v) is 9.69. The summed E-state index contributed by atoms with van der Waals surface area (Å²) in [5.74, 6) is 0. The Kier molecular flexibility index (Phi) is 2.71. The molecule has 15 heavy (non-hydrogen) atoms. The number of nitrogens with one attached hydrogen (secondary N) is 2. The van der Waals surface area contributed by atoms with E-state index in [1.165, 1.54) is 10.9 Å². The average Bonchev–Trinajstić information content (AvgIpc) is 2.66. The quantitative estimate of drug-likeness (QED) is 0.785. The van der Waals surface area contributed by atoms with E-state index in [9.17, 15) is 9.59 Å². The fourth-order valence-electron chi connectivity index (χ4n) is 1.30. The Morgan fingerprint density at radius 1 is 1.53 bits per heavy atom. The number of hydrogen-bond acceptors (Lipinski definition) is 3. The molecule has 0 saturated carbocycles. The van der Waals surface area contributed by atoms with E-state index in [2.05, 4.69) is 37.5 Å². The summed E-state index contributed by atoms with van der Waals surface area (Å²) in [5.41, 5.74) is -0.203. The van der Waals surface area contributed by atoms with Crippen LogP contribution in [0.4, 0.5) is 0 Å². The van der Waals surface area contributed by atoms with E-state index >= 15 is 0 Å². The molecule has 0 atom stereocenters. The standard InChI is InChI=1S/C8H7IN4O2/c9-2-1-3-13-6-5(10-4-11-6)7(14)12-8(13)15/h1-2,4H,3H2,(H,10,11)(H,12,14,15)/b2-1+. The zero-order chi connectivity index (χ0) is 10.8. The van der Waals surface area contributed by atoms with E-state index < -0.39 is 11.2 Å². The van der Waals surface area contributed by atoms with Gasteiger partial charge in [-0.2, -0.15) is 0 Å². The van der Waals surface area contributed by atoms with Crippen molar-refractivity contribution in [2.45, 2.75) is 6.54 Å². The summed E-state index contributed by atoms with van der Waals surface area (Å²) < 4.78 is 3.19. The van der Waals surface area contributed by atoms with Crippen molar-refractivity contribution in [1.82, 2.24) is 19.5 Å². The topological polar surface area (TPSA) is 83.5 Å². The summed E-state index contributed by atoms with van der Waals surface area (Å²) in [6.45, 7) is 0.389. The minimum atomic E-state index is -0.450. The number of aromatic amines is 2. The van der Waals surface area contributed by atoms with Gasteiger partial charge in [-0.3, -0.25) is 14.3 Å². The Bertz CT molecular complexity index is 621. The van der Waals surface area contributed by atoms with Gasteiger partial charge in [-0.15, -0.1) is 0 Å². The molecular formula is C8H7IN4O2. The summed E-state index contributed by atoms with van der Waals surface area (Å²) in [6, 6.07) is 0. The molecule has 2 N–H and O–H groups in total. The van der Waals surface area contributed by atoms with Gasteiger partial charge in [0.25, 0.3) is 5.56 Å². The normalized spacial score (nSPS) is 11.5. The summed E-state index contributed by atoms with van der Waals surface area (Å²) in [4.78, 5) is 31.7. The number of nitrogens with zero attached hydrogens (tertiary/aromatic N) is 2. The molecule has 78 valence electrons. The third-order valence-electron chi connectivity index (χ3n) is 1.94. The second-order valence-corrected chi connectivity index (χ2v) is 3.55. The number of halogens is 1. The van der Waals surface area contributed by atoms with Gasteiger partial charge in [-0.05, 0) is 4.08 Å². The first-order valence-electron chi connectivity index (χ1n) is 4.15. The van der Waals surface area contributed by atoms with Crippen LogP contribution in [0, 0.1) is 0 Å². The lowest BCUT2D eigenvalue weighted by atomic mass is 10.5. The summed E-state index contributed by atoms with van der Waals surface area (Å²) in [7, 11) is 0. The van der Waals surface area contributed by atoms with Gasteiger partial charge >= 0.3 is 5.69 Å². The van der Waals surface area contributed by atoms with Gasteiger partial charge in [0.1, 0.15) is 5.52 Å². The number of imidazole rings is 1. The predicted octanol–water partition coefficient (Wildman–Crippen LogP) is 0.362. The van der Waals surface area contributed by atoms with E-state index in [4.69, 9.17) is 0 Å². The van der Waals surface area contributed by atoms with Crippen LogP contribution in [0.2, 0.25) is 0 Å². The van der Waals surface area contributed by atoms with E-state index in [1.807, 2.05) is 0 Å². The Balaban J connectivity index is 2.77. The fraction of sp³-hybridized carbons (Fsp3) is 0.125. The van der Waals surface area contributed by atoms with Crippen molar-refractivity contribution in [2.24, 2.45) is 0 Å². The molecule has 0 fully saturated rings. The average molecular weight is 318 g/mol. The molecule has 6 nitrogen and oxygen atoms in total. The minimum absolute atomic E-state index is 0.316. The highest BCUT2D eigenvalue weighted by Gasteiger charge is 2.07. The maximum absolute atomic E-state index is 11.5. The van der Waals surface area contributed by atoms with Crippen LogP contribution in [0.25, 0.3) is 11.2 Å². The molecule has 2 heterocycles. The monoisotopic (exact) mass is 318 g/mol. The van der Waals surface area contributed by atoms with Crippen LogP contribution in [0.3, 0.4) is 0 Å². The van der Waals surface area contributed by atoms with Crippen molar-refractivity contribution in [1.29, 1.82) is 0 Å². The molecule has 2 aromatic heterocycles. The second-order valence-electron chi connectivity index (χ2n) is 2.83. The van der Waals surface area contributed by atoms with Gasteiger partial charge in [0.2, 0.25) is 0 Å². The van der Waals surface area contributed by atoms with Crippen LogP contribution in [-0.4, -0.2) is 19.5 Å². The minimum Gasteiger partial charge on any atom is -0.339 e. The van der Waals surface area contributed by atoms with Crippen LogP contribution >= 0.6 is 22.6 Å². The van der Waals surface area contributed by atoms with E-state index in [-0.39, 0.29) is 0 Å². The van der Waals surface area contributed by atoms with E-state index in [1.54, 1.807) is 10.2 Å². The Hall–Kier alpha value is -1.38. The fourth-order valence-corrected chi connectivity index (χ4v) is 1.52. The molecule has 0 aliphatic carbocycles. The zero-order valence-electron chi connectivity index (χ0n) is 7.53. The molecule has 2 aromatic rings. The van der Waals surface area contributed by atoms with Crippen molar-refractivity contribution in [3.63, 3.8) is 0 Å². The van der Waals surface area contributed by atoms with Crippen LogP contribution in [0.1, 0.15) is 0 Å². The van der Waals surface area contributed by atoms with Crippen molar-refractivity contribution in [3.8, 4) is 0 Å². The van der Waals surface area contributed by atoms with Crippen molar-refractivity contribution in [3.05, 3.63) is 37.3 Å². The maximum Gasteiger partial charge on any atom is 0.330 e. The molecule has 2 rings (SSSR count). The number of hydrogen-bond donors (Lipinski definition) is 2. The molecule has 0 aliphatic rings. The number of fused-ring (bicyclic) bond motifs is 1. The first-order chi connectivity index (χ1) is 7.24. The highest BCUT2D eigenvalue weighted by molar-refractivity contribution is 14.1. The van der Waals surface area contributed by atoms with Crippen LogP contribution in [0.5, 0.6) is 0 Å². The second kappa shape index (κ2) is 4.01. The lowest BCUT2D eigenvalue weighted by molar-refractivity contribution is 0.766. The summed E-state index contributed by atoms with van der Waals surface area (Å²) >= 11 is 2.06. The Labute approximate surface area is 97.2 Å². The smallest absolute Gasteiger partial charge is 0.330 e. The summed E-state index contributed by atoms with van der Waals surface area (Å²) in [5, 5.41) is 0. The SMILES string of the molecule is O=c1[nH]c(=O)n(C/C=C/I)c2nc[nH]c12. The van der Waals surface area contributed by atoms with Crippen LogP contribution in [-0.2, 0) is 6.54 Å². The molecule has 0 unspecified atom stereocenters. The first kappa shape index (κ1) is 10.1. The number of aromatic nitrogens is 4. The molecule has 0 bridgehead atoms. The maximum atomic E-state index is 11.5. The molecule has 0 aliphatic heterocycles. The van der Waals surface area contributed by atoms with Crippen molar-refractivity contribution >= 4 is 33.8 Å². The van der Waals surface area contributed by atoms with Crippen LogP contribution < -0.4 is 11.2 Å². The number of H-pyrrole nitrogens is 2. The molecule has 0 spiro atoms. The summed E-state index contributed by atoms with van der Waals surface area (Å²) in [6.07, 6.45) is 3.19. The van der Waals surface area contributed by atoms with E-state index in [0.29, 0.717) is 17.7 Å². The van der Waals surface area contributed by atoms with Gasteiger partial charge in [0.15, 0.2) is 5.65 Å². The highest BCUT2D eigenvalue weighted by atomic mass is 127. The largest absolute Gasteiger partial charge is 0.339 e. The first-order valence-corrected chi connectivity index (χ1v) is 5.40. The van der Waals surface area contributed by atoms with E-state index in [0.717, 1.165) is 0 Å². The van der Waals surface area contributed by atoms with Gasteiger partial charge in [-0.1, -0.05) is 28.7 Å². The lowest BCUT2D eigenvalue weighted by Crippen LogP contribution is -2.30. The highest BCUT2D eigenvalue weighted by Crippen LogP contribution is 2.00. The van der Waals surface area contributed by atoms with Crippen LogP contribution in [0.15, 0.2) is 26.1 Å². The third-order valence-corrected chi connectivity index (χ3v) is 2.45. The van der Waals surface area contributed by atoms with Gasteiger partial charge < -0.3 is 4.98 Å². The Morgan fingerprint density at radius 2 is 2.33 bits per heavy atom. The van der Waals surface area contributed by atoms with Gasteiger partial charge in [0.05, 0.1) is 6.33 Å². The third kappa shape index (κ3) is 1.74. The Morgan fingerprint density at radius 3 is 3.07 bits per heavy atom. The predicted molar refractivity (Wildman–Crippen MR) is 64.1 cm³/mol. The molecular weight excluding hydrogens is 311 g/mol. The number of allylic oxidation sites excluding steroid dienone is 1.